The summed E-state index contributed by atoms with van der Waals surface area (Å²) in [6.07, 6.45) is 0.296. The van der Waals surface area contributed by atoms with Gasteiger partial charge in [0.1, 0.15) is 5.82 Å². The maximum Gasteiger partial charge on any atom is 0.222 e. The third-order valence-electron chi connectivity index (χ3n) is 2.72. The minimum absolute atomic E-state index is 0.0759. The molecule has 1 aromatic carbocycles. The molecular weight excluding hydrogens is 231 g/mol. The van der Waals surface area contributed by atoms with E-state index >= 15 is 0 Å². The van der Waals surface area contributed by atoms with Crippen molar-refractivity contribution in [2.24, 2.45) is 11.7 Å². The number of carbonyl (C=O) groups is 1. The van der Waals surface area contributed by atoms with E-state index in [-0.39, 0.29) is 29.7 Å². The molecule has 1 aromatic rings. The fourth-order valence-electron chi connectivity index (χ4n) is 1.83. The van der Waals surface area contributed by atoms with Gasteiger partial charge in [-0.05, 0) is 30.5 Å². The molecule has 0 aromatic heterocycles. The van der Waals surface area contributed by atoms with Crippen molar-refractivity contribution in [3.8, 4) is 0 Å². The minimum Gasteiger partial charge on any atom is -0.349 e. The van der Waals surface area contributed by atoms with Crippen LogP contribution in [-0.4, -0.2) is 11.9 Å². The Morgan fingerprint density at radius 2 is 1.83 bits per heavy atom. The second-order valence-electron chi connectivity index (χ2n) is 5.02. The van der Waals surface area contributed by atoms with Gasteiger partial charge in [-0.2, -0.15) is 0 Å². The van der Waals surface area contributed by atoms with Crippen LogP contribution < -0.4 is 11.1 Å². The second kappa shape index (κ2) is 6.50. The first kappa shape index (κ1) is 14.6. The van der Waals surface area contributed by atoms with Crippen LogP contribution in [0.15, 0.2) is 24.3 Å². The molecule has 100 valence electrons. The molecule has 3 nitrogen and oxygen atoms in total. The van der Waals surface area contributed by atoms with Crippen molar-refractivity contribution in [1.82, 2.24) is 5.32 Å². The van der Waals surface area contributed by atoms with E-state index in [1.54, 1.807) is 19.1 Å². The van der Waals surface area contributed by atoms with E-state index in [2.05, 4.69) is 5.32 Å². The first-order valence-corrected chi connectivity index (χ1v) is 6.20. The SMILES string of the molecule is CC(N)CC(=O)NC(c1ccc(F)cc1)C(C)C. The predicted molar refractivity (Wildman–Crippen MR) is 70.4 cm³/mol. The Morgan fingerprint density at radius 3 is 2.28 bits per heavy atom. The van der Waals surface area contributed by atoms with Crippen molar-refractivity contribution in [2.45, 2.75) is 39.3 Å². The standard InChI is InChI=1S/C14H21FN2O/c1-9(2)14(17-13(18)8-10(3)16)11-4-6-12(15)7-5-11/h4-7,9-10,14H,8,16H2,1-3H3,(H,17,18). The predicted octanol–water partition coefficient (Wildman–Crippen LogP) is 2.38. The summed E-state index contributed by atoms with van der Waals surface area (Å²) < 4.78 is 12.9. The van der Waals surface area contributed by atoms with E-state index in [1.807, 2.05) is 13.8 Å². The molecule has 1 amide bonds. The summed E-state index contributed by atoms with van der Waals surface area (Å²) in [4.78, 5) is 11.7. The van der Waals surface area contributed by atoms with E-state index in [1.165, 1.54) is 12.1 Å². The molecule has 0 aliphatic carbocycles. The van der Waals surface area contributed by atoms with Crippen LogP contribution in [0.5, 0.6) is 0 Å². The van der Waals surface area contributed by atoms with E-state index < -0.39 is 0 Å². The molecule has 0 saturated carbocycles. The zero-order valence-electron chi connectivity index (χ0n) is 11.1. The molecule has 0 saturated heterocycles. The van der Waals surface area contributed by atoms with Gasteiger partial charge in [0.2, 0.25) is 5.91 Å². The number of hydrogen-bond donors (Lipinski definition) is 2. The lowest BCUT2D eigenvalue weighted by Crippen LogP contribution is -2.35. The molecule has 0 bridgehead atoms. The van der Waals surface area contributed by atoms with Gasteiger partial charge in [0.25, 0.3) is 0 Å². The Labute approximate surface area is 108 Å². The summed E-state index contributed by atoms with van der Waals surface area (Å²) in [5.74, 6) is -0.122. The second-order valence-corrected chi connectivity index (χ2v) is 5.02. The van der Waals surface area contributed by atoms with Crippen LogP contribution in [-0.2, 0) is 4.79 Å². The third-order valence-corrected chi connectivity index (χ3v) is 2.72. The molecule has 0 radical (unpaired) electrons. The number of rotatable bonds is 5. The average Bonchev–Trinajstić information content (AvgIpc) is 2.26. The first-order chi connectivity index (χ1) is 8.40. The highest BCUT2D eigenvalue weighted by Gasteiger charge is 2.18. The van der Waals surface area contributed by atoms with Crippen LogP contribution in [0.3, 0.4) is 0 Å². The minimum atomic E-state index is -0.275. The van der Waals surface area contributed by atoms with Gasteiger partial charge in [-0.3, -0.25) is 4.79 Å². The Hall–Kier alpha value is -1.42. The molecular formula is C14H21FN2O. The lowest BCUT2D eigenvalue weighted by molar-refractivity contribution is -0.122. The van der Waals surface area contributed by atoms with Crippen LogP contribution in [0.25, 0.3) is 0 Å². The highest BCUT2D eigenvalue weighted by molar-refractivity contribution is 5.77. The van der Waals surface area contributed by atoms with Gasteiger partial charge in [0, 0.05) is 12.5 Å². The van der Waals surface area contributed by atoms with E-state index in [9.17, 15) is 9.18 Å². The molecule has 2 atom stereocenters. The molecule has 2 unspecified atom stereocenters. The average molecular weight is 252 g/mol. The molecule has 0 heterocycles. The summed E-state index contributed by atoms with van der Waals surface area (Å²) in [5.41, 5.74) is 6.50. The number of amides is 1. The quantitative estimate of drug-likeness (QED) is 0.845. The van der Waals surface area contributed by atoms with Crippen LogP contribution >= 0.6 is 0 Å². The van der Waals surface area contributed by atoms with E-state index in [4.69, 9.17) is 5.73 Å². The number of hydrogen-bond acceptors (Lipinski definition) is 2. The van der Waals surface area contributed by atoms with Crippen molar-refractivity contribution < 1.29 is 9.18 Å². The molecule has 0 spiro atoms. The summed E-state index contributed by atoms with van der Waals surface area (Å²) in [6, 6.07) is 5.94. The highest BCUT2D eigenvalue weighted by Crippen LogP contribution is 2.22. The molecule has 18 heavy (non-hydrogen) atoms. The molecule has 0 fully saturated rings. The van der Waals surface area contributed by atoms with Gasteiger partial charge in [-0.25, -0.2) is 4.39 Å². The molecule has 0 aliphatic rings. The van der Waals surface area contributed by atoms with Crippen LogP contribution in [0.4, 0.5) is 4.39 Å². The number of nitrogens with two attached hydrogens (primary N) is 1. The lowest BCUT2D eigenvalue weighted by Gasteiger charge is -2.23. The normalized spacial score (nSPS) is 14.3. The van der Waals surface area contributed by atoms with Crippen molar-refractivity contribution in [2.75, 3.05) is 0 Å². The van der Waals surface area contributed by atoms with Crippen molar-refractivity contribution in [1.29, 1.82) is 0 Å². The summed E-state index contributed by atoms with van der Waals surface area (Å²) in [6.45, 7) is 5.82. The number of halogens is 1. The first-order valence-electron chi connectivity index (χ1n) is 6.20. The van der Waals surface area contributed by atoms with E-state index in [0.29, 0.717) is 6.42 Å². The monoisotopic (exact) mass is 252 g/mol. The number of carbonyl (C=O) groups excluding carboxylic acids is 1. The maximum atomic E-state index is 12.9. The van der Waals surface area contributed by atoms with Gasteiger partial charge >= 0.3 is 0 Å². The Kier molecular flexibility index (Phi) is 5.28. The summed E-state index contributed by atoms with van der Waals surface area (Å²) in [5, 5.41) is 2.94. The van der Waals surface area contributed by atoms with Crippen LogP contribution in [0.1, 0.15) is 38.8 Å². The van der Waals surface area contributed by atoms with E-state index in [0.717, 1.165) is 5.56 Å². The Balaban J connectivity index is 2.77. The van der Waals surface area contributed by atoms with Gasteiger partial charge < -0.3 is 11.1 Å². The van der Waals surface area contributed by atoms with Crippen molar-refractivity contribution in [3.63, 3.8) is 0 Å². The van der Waals surface area contributed by atoms with Gasteiger partial charge in [-0.1, -0.05) is 26.0 Å². The summed E-state index contributed by atoms with van der Waals surface area (Å²) in [7, 11) is 0. The fourth-order valence-corrected chi connectivity index (χ4v) is 1.83. The number of benzene rings is 1. The lowest BCUT2D eigenvalue weighted by atomic mass is 9.95. The highest BCUT2D eigenvalue weighted by atomic mass is 19.1. The van der Waals surface area contributed by atoms with Gasteiger partial charge in [-0.15, -0.1) is 0 Å². The third kappa shape index (κ3) is 4.45. The Bertz CT molecular complexity index is 387. The number of nitrogens with one attached hydrogen (secondary N) is 1. The maximum absolute atomic E-state index is 12.9. The largest absolute Gasteiger partial charge is 0.349 e. The summed E-state index contributed by atoms with van der Waals surface area (Å²) >= 11 is 0. The van der Waals surface area contributed by atoms with Crippen LogP contribution in [0.2, 0.25) is 0 Å². The Morgan fingerprint density at radius 1 is 1.28 bits per heavy atom. The van der Waals surface area contributed by atoms with Gasteiger partial charge in [0.15, 0.2) is 0 Å². The van der Waals surface area contributed by atoms with Crippen LogP contribution in [0, 0.1) is 11.7 Å². The molecule has 0 aliphatic heterocycles. The fraction of sp³-hybridized carbons (Fsp3) is 0.500. The van der Waals surface area contributed by atoms with Gasteiger partial charge in [0.05, 0.1) is 6.04 Å². The van der Waals surface area contributed by atoms with Crippen molar-refractivity contribution in [3.05, 3.63) is 35.6 Å². The molecule has 3 N–H and O–H groups in total. The smallest absolute Gasteiger partial charge is 0.222 e. The molecule has 4 heteroatoms. The molecule has 1 rings (SSSR count). The zero-order valence-corrected chi connectivity index (χ0v) is 11.1. The van der Waals surface area contributed by atoms with Crippen molar-refractivity contribution >= 4 is 5.91 Å². The zero-order chi connectivity index (χ0) is 13.7. The topological polar surface area (TPSA) is 55.1 Å².